The molecule has 0 spiro atoms. The summed E-state index contributed by atoms with van der Waals surface area (Å²) in [6.07, 6.45) is 0. The number of amides is 1. The van der Waals surface area contributed by atoms with Crippen LogP contribution in [0.1, 0.15) is 22.8 Å². The van der Waals surface area contributed by atoms with Crippen molar-refractivity contribution in [3.63, 3.8) is 0 Å². The molecule has 0 radical (unpaired) electrons. The van der Waals surface area contributed by atoms with E-state index in [-0.39, 0.29) is 11.6 Å². The minimum absolute atomic E-state index is 0.00281. The number of nitro groups is 1. The van der Waals surface area contributed by atoms with Crippen LogP contribution in [0.15, 0.2) is 53.6 Å². The monoisotopic (exact) mass is 312 g/mol. The van der Waals surface area contributed by atoms with E-state index in [4.69, 9.17) is 5.73 Å². The van der Waals surface area contributed by atoms with Gasteiger partial charge >= 0.3 is 0 Å². The number of nitrogens with two attached hydrogens (primary N) is 1. The fourth-order valence-corrected chi connectivity index (χ4v) is 2.02. The number of benzene rings is 2. The van der Waals surface area contributed by atoms with E-state index >= 15 is 0 Å². The standard InChI is InChI=1S/C16H16N4O3/c1-11(12-7-9-13(10-8-12)20(22)23)18-19(2)16(21)14-5-3-4-6-15(14)17/h3-10H,17H2,1-2H3/b18-11-. The molecule has 2 aromatic carbocycles. The fourth-order valence-electron chi connectivity index (χ4n) is 2.02. The van der Waals surface area contributed by atoms with Crippen molar-refractivity contribution in [1.29, 1.82) is 0 Å². The average molecular weight is 312 g/mol. The summed E-state index contributed by atoms with van der Waals surface area (Å²) in [7, 11) is 1.53. The molecule has 0 atom stereocenters. The van der Waals surface area contributed by atoms with Crippen LogP contribution in [0.5, 0.6) is 0 Å². The number of para-hydroxylation sites is 1. The SMILES string of the molecule is C/C(=N/N(C)C(=O)c1ccccc1N)c1ccc([N+](=O)[O-])cc1. The molecule has 0 unspecified atom stereocenters. The van der Waals surface area contributed by atoms with Gasteiger partial charge in [-0.2, -0.15) is 5.10 Å². The molecule has 2 rings (SSSR count). The highest BCUT2D eigenvalue weighted by atomic mass is 16.6. The maximum absolute atomic E-state index is 12.3. The van der Waals surface area contributed by atoms with Crippen LogP contribution in [0.2, 0.25) is 0 Å². The van der Waals surface area contributed by atoms with E-state index in [1.165, 1.54) is 24.2 Å². The Bertz CT molecular complexity index is 769. The van der Waals surface area contributed by atoms with Gasteiger partial charge < -0.3 is 5.73 Å². The molecule has 0 saturated heterocycles. The van der Waals surface area contributed by atoms with E-state index in [0.29, 0.717) is 22.5 Å². The third-order valence-corrected chi connectivity index (χ3v) is 3.28. The third-order valence-electron chi connectivity index (χ3n) is 3.28. The number of non-ortho nitro benzene ring substituents is 1. The zero-order valence-corrected chi connectivity index (χ0v) is 12.8. The molecule has 0 aliphatic heterocycles. The Labute approximate surface area is 133 Å². The zero-order valence-electron chi connectivity index (χ0n) is 12.8. The van der Waals surface area contributed by atoms with Crippen LogP contribution in [-0.4, -0.2) is 28.6 Å². The van der Waals surface area contributed by atoms with Crippen LogP contribution < -0.4 is 5.73 Å². The zero-order chi connectivity index (χ0) is 17.0. The number of anilines is 1. The van der Waals surface area contributed by atoms with Gasteiger partial charge in [-0.25, -0.2) is 5.01 Å². The molecule has 1 amide bonds. The Balaban J connectivity index is 2.21. The summed E-state index contributed by atoms with van der Waals surface area (Å²) in [4.78, 5) is 22.5. The number of carbonyl (C=O) groups excluding carboxylic acids is 1. The highest BCUT2D eigenvalue weighted by Crippen LogP contribution is 2.15. The second kappa shape index (κ2) is 6.69. The lowest BCUT2D eigenvalue weighted by molar-refractivity contribution is -0.384. The van der Waals surface area contributed by atoms with Gasteiger partial charge in [-0.1, -0.05) is 12.1 Å². The number of hydrogen-bond acceptors (Lipinski definition) is 5. The normalized spacial score (nSPS) is 11.1. The lowest BCUT2D eigenvalue weighted by Gasteiger charge is -2.14. The van der Waals surface area contributed by atoms with Gasteiger partial charge in [0.2, 0.25) is 0 Å². The van der Waals surface area contributed by atoms with Gasteiger partial charge in [-0.3, -0.25) is 14.9 Å². The molecule has 118 valence electrons. The number of nitrogens with zero attached hydrogens (tertiary/aromatic N) is 3. The summed E-state index contributed by atoms with van der Waals surface area (Å²) in [5, 5.41) is 16.1. The molecule has 0 aromatic heterocycles. The first-order chi connectivity index (χ1) is 10.9. The van der Waals surface area contributed by atoms with Crippen molar-refractivity contribution >= 4 is 23.0 Å². The predicted molar refractivity (Wildman–Crippen MR) is 88.3 cm³/mol. The van der Waals surface area contributed by atoms with Gasteiger partial charge in [0.05, 0.1) is 16.2 Å². The fraction of sp³-hybridized carbons (Fsp3) is 0.125. The molecule has 0 aliphatic carbocycles. The molecule has 0 saturated carbocycles. The molecule has 23 heavy (non-hydrogen) atoms. The van der Waals surface area contributed by atoms with Crippen molar-refractivity contribution in [3.8, 4) is 0 Å². The first-order valence-electron chi connectivity index (χ1n) is 6.82. The van der Waals surface area contributed by atoms with Crippen molar-refractivity contribution in [3.05, 3.63) is 69.8 Å². The van der Waals surface area contributed by atoms with Gasteiger partial charge in [-0.05, 0) is 36.8 Å². The Morgan fingerprint density at radius 2 is 1.78 bits per heavy atom. The van der Waals surface area contributed by atoms with Gasteiger partial charge in [0, 0.05) is 24.9 Å². The minimum Gasteiger partial charge on any atom is -0.398 e. The van der Waals surface area contributed by atoms with Crippen molar-refractivity contribution in [1.82, 2.24) is 5.01 Å². The summed E-state index contributed by atoms with van der Waals surface area (Å²) < 4.78 is 0. The molecule has 0 aliphatic rings. The number of hydrogen-bond donors (Lipinski definition) is 1. The summed E-state index contributed by atoms with van der Waals surface area (Å²) >= 11 is 0. The van der Waals surface area contributed by atoms with E-state index in [1.54, 1.807) is 43.3 Å². The Morgan fingerprint density at radius 1 is 1.17 bits per heavy atom. The first-order valence-corrected chi connectivity index (χ1v) is 6.82. The molecule has 0 fully saturated rings. The molecular formula is C16H16N4O3. The van der Waals surface area contributed by atoms with Crippen molar-refractivity contribution < 1.29 is 9.72 Å². The summed E-state index contributed by atoms with van der Waals surface area (Å²) in [5.41, 5.74) is 7.79. The number of rotatable bonds is 4. The first kappa shape index (κ1) is 16.2. The van der Waals surface area contributed by atoms with Crippen molar-refractivity contribution in [2.45, 2.75) is 6.92 Å². The van der Waals surface area contributed by atoms with E-state index in [0.717, 1.165) is 0 Å². The maximum atomic E-state index is 12.3. The second-order valence-corrected chi connectivity index (χ2v) is 4.91. The minimum atomic E-state index is -0.468. The van der Waals surface area contributed by atoms with Crippen molar-refractivity contribution in [2.24, 2.45) is 5.10 Å². The number of hydrazone groups is 1. The van der Waals surface area contributed by atoms with Crippen molar-refractivity contribution in [2.75, 3.05) is 12.8 Å². The van der Waals surface area contributed by atoms with Crippen LogP contribution in [-0.2, 0) is 0 Å². The summed E-state index contributed by atoms with van der Waals surface area (Å²) in [5.74, 6) is -0.329. The number of carbonyl (C=O) groups is 1. The number of nitro benzene ring substituents is 1. The lowest BCUT2D eigenvalue weighted by atomic mass is 10.1. The third kappa shape index (κ3) is 3.70. The Hall–Kier alpha value is -3.22. The van der Waals surface area contributed by atoms with Crippen LogP contribution in [0.4, 0.5) is 11.4 Å². The smallest absolute Gasteiger partial charge is 0.275 e. The highest BCUT2D eigenvalue weighted by molar-refractivity contribution is 6.02. The van der Waals surface area contributed by atoms with Crippen LogP contribution in [0.3, 0.4) is 0 Å². The second-order valence-electron chi connectivity index (χ2n) is 4.91. The molecular weight excluding hydrogens is 296 g/mol. The van der Waals surface area contributed by atoms with Crippen LogP contribution >= 0.6 is 0 Å². The molecule has 7 nitrogen and oxygen atoms in total. The topological polar surface area (TPSA) is 102 Å². The van der Waals surface area contributed by atoms with E-state index in [9.17, 15) is 14.9 Å². The van der Waals surface area contributed by atoms with Gasteiger partial charge in [-0.15, -0.1) is 0 Å². The molecule has 2 N–H and O–H groups in total. The Kier molecular flexibility index (Phi) is 4.70. The van der Waals surface area contributed by atoms with Gasteiger partial charge in [0.25, 0.3) is 11.6 Å². The van der Waals surface area contributed by atoms with E-state index in [2.05, 4.69) is 5.10 Å². The molecule has 7 heteroatoms. The molecule has 0 heterocycles. The van der Waals surface area contributed by atoms with Gasteiger partial charge in [0.15, 0.2) is 0 Å². The molecule has 2 aromatic rings. The largest absolute Gasteiger partial charge is 0.398 e. The quantitative estimate of drug-likeness (QED) is 0.406. The maximum Gasteiger partial charge on any atom is 0.275 e. The summed E-state index contributed by atoms with van der Waals surface area (Å²) in [6, 6.07) is 12.7. The highest BCUT2D eigenvalue weighted by Gasteiger charge is 2.14. The van der Waals surface area contributed by atoms with Crippen LogP contribution in [0, 0.1) is 10.1 Å². The van der Waals surface area contributed by atoms with E-state index < -0.39 is 4.92 Å². The molecule has 0 bridgehead atoms. The summed E-state index contributed by atoms with van der Waals surface area (Å²) in [6.45, 7) is 1.72. The number of nitrogen functional groups attached to an aromatic ring is 1. The average Bonchev–Trinajstić information content (AvgIpc) is 2.54. The van der Waals surface area contributed by atoms with E-state index in [1.807, 2.05) is 0 Å². The predicted octanol–water partition coefficient (Wildman–Crippen LogP) is 2.67. The lowest BCUT2D eigenvalue weighted by Crippen LogP contribution is -2.23. The Morgan fingerprint density at radius 3 is 2.35 bits per heavy atom. The van der Waals surface area contributed by atoms with Crippen LogP contribution in [0.25, 0.3) is 0 Å². The van der Waals surface area contributed by atoms with Gasteiger partial charge in [0.1, 0.15) is 0 Å².